The van der Waals surface area contributed by atoms with E-state index in [4.69, 9.17) is 9.47 Å². The average Bonchev–Trinajstić information content (AvgIpc) is 2.94. The van der Waals surface area contributed by atoms with Crippen LogP contribution in [0.15, 0.2) is 109 Å². The number of thioether (sulfide) groups is 1. The van der Waals surface area contributed by atoms with Gasteiger partial charge in [0.15, 0.2) is 0 Å². The molecule has 4 rings (SSSR count). The van der Waals surface area contributed by atoms with Crippen molar-refractivity contribution in [3.8, 4) is 0 Å². The minimum Gasteiger partial charge on any atom is -0.465 e. The largest absolute Gasteiger partial charge is 0.465 e. The molecule has 0 aliphatic heterocycles. The zero-order valence-electron chi connectivity index (χ0n) is 22.6. The van der Waals surface area contributed by atoms with Gasteiger partial charge in [-0.15, -0.1) is 11.8 Å². The van der Waals surface area contributed by atoms with E-state index in [1.54, 1.807) is 23.9 Å². The van der Waals surface area contributed by atoms with E-state index in [9.17, 15) is 9.59 Å². The second-order valence-corrected chi connectivity index (χ2v) is 11.2. The van der Waals surface area contributed by atoms with Gasteiger partial charge < -0.3 is 9.47 Å². The fourth-order valence-electron chi connectivity index (χ4n) is 4.43. The lowest BCUT2D eigenvalue weighted by molar-refractivity contribution is 0.0596. The molecule has 4 aromatic carbocycles. The van der Waals surface area contributed by atoms with Gasteiger partial charge in [0.2, 0.25) is 0 Å². The Balaban J connectivity index is 1.80. The lowest BCUT2D eigenvalue weighted by Crippen LogP contribution is -2.28. The Morgan fingerprint density at radius 1 is 0.744 bits per heavy atom. The molecule has 0 aliphatic carbocycles. The topological polar surface area (TPSA) is 64.6 Å². The summed E-state index contributed by atoms with van der Waals surface area (Å²) in [6.07, 6.45) is -0.587. The SMILES string of the molecule is COC(=O)c1ccc(CSC(c2ccccc2)(c2ccccc2)c2ccccc2)c(NC(=O)OC(C)(C)C)c1. The fraction of sp³-hybridized carbons (Fsp3) is 0.212. The van der Waals surface area contributed by atoms with Crippen LogP contribution in [0.4, 0.5) is 10.5 Å². The van der Waals surface area contributed by atoms with Gasteiger partial charge in [0, 0.05) is 11.4 Å². The van der Waals surface area contributed by atoms with Crippen LogP contribution in [0.25, 0.3) is 0 Å². The molecule has 39 heavy (non-hydrogen) atoms. The van der Waals surface area contributed by atoms with Crippen LogP contribution in [0, 0.1) is 0 Å². The number of amides is 1. The van der Waals surface area contributed by atoms with Crippen molar-refractivity contribution in [2.45, 2.75) is 36.9 Å². The van der Waals surface area contributed by atoms with Gasteiger partial charge in [-0.25, -0.2) is 9.59 Å². The third-order valence-corrected chi connectivity index (χ3v) is 7.75. The molecular weight excluding hydrogens is 506 g/mol. The molecular formula is C33H33NO4S. The van der Waals surface area contributed by atoms with Crippen molar-refractivity contribution in [1.29, 1.82) is 0 Å². The van der Waals surface area contributed by atoms with Crippen molar-refractivity contribution >= 4 is 29.5 Å². The molecule has 1 amide bonds. The normalized spacial score (nSPS) is 11.5. The quantitative estimate of drug-likeness (QED) is 0.181. The van der Waals surface area contributed by atoms with Gasteiger partial charge in [0.05, 0.1) is 17.4 Å². The van der Waals surface area contributed by atoms with Crippen molar-refractivity contribution in [3.05, 3.63) is 137 Å². The van der Waals surface area contributed by atoms with Crippen molar-refractivity contribution in [2.75, 3.05) is 12.4 Å². The Kier molecular flexibility index (Phi) is 8.77. The summed E-state index contributed by atoms with van der Waals surface area (Å²) < 4.78 is 9.89. The Hall–Kier alpha value is -4.03. The number of hydrogen-bond acceptors (Lipinski definition) is 5. The van der Waals surface area contributed by atoms with Gasteiger partial charge in [-0.2, -0.15) is 0 Å². The van der Waals surface area contributed by atoms with Crippen LogP contribution in [-0.4, -0.2) is 24.8 Å². The first-order chi connectivity index (χ1) is 18.7. The highest BCUT2D eigenvalue weighted by molar-refractivity contribution is 7.99. The highest BCUT2D eigenvalue weighted by atomic mass is 32.2. The molecule has 0 aromatic heterocycles. The first-order valence-corrected chi connectivity index (χ1v) is 13.7. The maximum Gasteiger partial charge on any atom is 0.412 e. The maximum atomic E-state index is 12.7. The van der Waals surface area contributed by atoms with Crippen LogP contribution >= 0.6 is 11.8 Å². The summed E-state index contributed by atoms with van der Waals surface area (Å²) in [6, 6.07) is 36.5. The number of ether oxygens (including phenoxy) is 2. The standard InChI is InChI=1S/C33H33NO4S/c1-32(2,3)38-31(36)34-29-22-24(30(35)37-4)20-21-25(29)23-39-33(26-14-8-5-9-15-26,27-16-10-6-11-17-27)28-18-12-7-13-19-28/h5-22H,23H2,1-4H3,(H,34,36). The number of carbonyl (C=O) groups is 2. The van der Waals surface area contributed by atoms with E-state index < -0.39 is 22.4 Å². The monoisotopic (exact) mass is 539 g/mol. The molecule has 0 spiro atoms. The predicted molar refractivity (Wildman–Crippen MR) is 158 cm³/mol. The minimum absolute atomic E-state index is 0.345. The Morgan fingerprint density at radius 2 is 1.23 bits per heavy atom. The smallest absolute Gasteiger partial charge is 0.412 e. The third-order valence-electron chi connectivity index (χ3n) is 6.15. The molecule has 6 heteroatoms. The van der Waals surface area contributed by atoms with E-state index in [1.165, 1.54) is 7.11 Å². The molecule has 200 valence electrons. The fourth-order valence-corrected chi connectivity index (χ4v) is 5.96. The number of carbonyl (C=O) groups excluding carboxylic acids is 2. The van der Waals surface area contributed by atoms with E-state index in [2.05, 4.69) is 78.1 Å². The number of nitrogens with one attached hydrogen (secondary N) is 1. The lowest BCUT2D eigenvalue weighted by atomic mass is 9.84. The molecule has 0 bridgehead atoms. The summed E-state index contributed by atoms with van der Waals surface area (Å²) in [6.45, 7) is 5.42. The highest BCUT2D eigenvalue weighted by Crippen LogP contribution is 2.50. The number of benzene rings is 4. The highest BCUT2D eigenvalue weighted by Gasteiger charge is 2.37. The molecule has 0 heterocycles. The van der Waals surface area contributed by atoms with E-state index in [-0.39, 0.29) is 0 Å². The maximum absolute atomic E-state index is 12.7. The first-order valence-electron chi connectivity index (χ1n) is 12.7. The lowest BCUT2D eigenvalue weighted by Gasteiger charge is -2.35. The summed E-state index contributed by atoms with van der Waals surface area (Å²) in [5.74, 6) is 0.0549. The first kappa shape index (κ1) is 28.0. The van der Waals surface area contributed by atoms with Crippen LogP contribution in [0.1, 0.15) is 53.4 Å². The number of esters is 1. The zero-order valence-corrected chi connectivity index (χ0v) is 23.5. The van der Waals surface area contributed by atoms with Crippen molar-refractivity contribution in [1.82, 2.24) is 0 Å². The number of anilines is 1. The van der Waals surface area contributed by atoms with Crippen LogP contribution in [0.2, 0.25) is 0 Å². The summed E-state index contributed by atoms with van der Waals surface area (Å²) in [7, 11) is 1.33. The van der Waals surface area contributed by atoms with Crippen LogP contribution < -0.4 is 5.32 Å². The molecule has 0 saturated heterocycles. The molecule has 4 aromatic rings. The molecule has 0 atom stereocenters. The Bertz CT molecular complexity index is 1300. The summed E-state index contributed by atoms with van der Waals surface area (Å²) in [4.78, 5) is 25.0. The van der Waals surface area contributed by atoms with Gasteiger partial charge in [0.1, 0.15) is 5.60 Å². The van der Waals surface area contributed by atoms with Gasteiger partial charge in [0.25, 0.3) is 0 Å². The van der Waals surface area contributed by atoms with Crippen LogP contribution in [0.5, 0.6) is 0 Å². The minimum atomic E-state index is -0.665. The van der Waals surface area contributed by atoms with Gasteiger partial charge in [-0.1, -0.05) is 97.1 Å². The number of hydrogen-bond donors (Lipinski definition) is 1. The Morgan fingerprint density at radius 3 is 1.67 bits per heavy atom. The Labute approximate surface area is 234 Å². The summed E-state index contributed by atoms with van der Waals surface area (Å²) >= 11 is 1.75. The molecule has 0 fully saturated rings. The predicted octanol–water partition coefficient (Wildman–Crippen LogP) is 8.05. The van der Waals surface area contributed by atoms with Gasteiger partial charge in [-0.3, -0.25) is 5.32 Å². The van der Waals surface area contributed by atoms with E-state index in [1.807, 2.05) is 45.0 Å². The van der Waals surface area contributed by atoms with Gasteiger partial charge in [-0.05, 0) is 55.2 Å². The van der Waals surface area contributed by atoms with E-state index >= 15 is 0 Å². The van der Waals surface area contributed by atoms with Crippen LogP contribution in [0.3, 0.4) is 0 Å². The molecule has 5 nitrogen and oxygen atoms in total. The molecule has 0 saturated carbocycles. The second kappa shape index (κ2) is 12.2. The van der Waals surface area contributed by atoms with Crippen LogP contribution in [-0.2, 0) is 20.0 Å². The third kappa shape index (κ3) is 6.70. The number of rotatable bonds is 8. The summed E-state index contributed by atoms with van der Waals surface area (Å²) in [5.41, 5.74) is 4.45. The second-order valence-electron chi connectivity index (χ2n) is 10.1. The van der Waals surface area contributed by atoms with Crippen molar-refractivity contribution in [3.63, 3.8) is 0 Å². The molecule has 0 unspecified atom stereocenters. The van der Waals surface area contributed by atoms with Crippen molar-refractivity contribution in [2.24, 2.45) is 0 Å². The molecule has 0 radical (unpaired) electrons. The number of methoxy groups -OCH3 is 1. The molecule has 0 aliphatic rings. The van der Waals surface area contributed by atoms with Gasteiger partial charge >= 0.3 is 12.1 Å². The summed E-state index contributed by atoms with van der Waals surface area (Å²) in [5, 5.41) is 2.86. The molecule has 1 N–H and O–H groups in total. The zero-order chi connectivity index (χ0) is 27.9. The van der Waals surface area contributed by atoms with E-state index in [0.717, 1.165) is 22.3 Å². The average molecular weight is 540 g/mol. The van der Waals surface area contributed by atoms with E-state index in [0.29, 0.717) is 17.0 Å². The van der Waals surface area contributed by atoms with Crippen molar-refractivity contribution < 1.29 is 19.1 Å².